The number of anilines is 1. The maximum absolute atomic E-state index is 13.0. The molecule has 2 heterocycles. The summed E-state index contributed by atoms with van der Waals surface area (Å²) in [6, 6.07) is 11.4. The van der Waals surface area contributed by atoms with Gasteiger partial charge in [0.2, 0.25) is 6.79 Å². The molecular formula is C18H17BrN2O3. The van der Waals surface area contributed by atoms with Crippen LogP contribution >= 0.6 is 15.9 Å². The molecule has 2 aliphatic rings. The molecule has 0 bridgehead atoms. The molecule has 0 saturated heterocycles. The zero-order valence-electron chi connectivity index (χ0n) is 13.2. The summed E-state index contributed by atoms with van der Waals surface area (Å²) in [6.45, 7) is 2.97. The summed E-state index contributed by atoms with van der Waals surface area (Å²) < 4.78 is 11.8. The Bertz CT molecular complexity index is 809. The predicted molar refractivity (Wildman–Crippen MR) is 94.4 cm³/mol. The first kappa shape index (κ1) is 15.3. The molecule has 0 unspecified atom stereocenters. The van der Waals surface area contributed by atoms with Crippen LogP contribution in [0.2, 0.25) is 0 Å². The summed E-state index contributed by atoms with van der Waals surface area (Å²) in [4.78, 5) is 14.8. The molecule has 1 atom stereocenters. The highest BCUT2D eigenvalue weighted by Gasteiger charge is 2.34. The summed E-state index contributed by atoms with van der Waals surface area (Å²) >= 11 is 3.61. The Balaban J connectivity index is 1.80. The van der Waals surface area contributed by atoms with Crippen molar-refractivity contribution in [2.24, 2.45) is 0 Å². The predicted octanol–water partition coefficient (Wildman–Crippen LogP) is 4.15. The lowest BCUT2D eigenvalue weighted by atomic mass is 10.0. The number of hydrogen-bond donors (Lipinski definition) is 1. The second kappa shape index (κ2) is 6.02. The van der Waals surface area contributed by atoms with E-state index in [0.717, 1.165) is 27.9 Å². The molecule has 0 fully saturated rings. The zero-order chi connectivity index (χ0) is 16.7. The van der Waals surface area contributed by atoms with Crippen LogP contribution in [-0.2, 0) is 0 Å². The molecule has 1 amide bonds. The molecule has 6 heteroatoms. The van der Waals surface area contributed by atoms with Crippen molar-refractivity contribution in [1.82, 2.24) is 4.90 Å². The van der Waals surface area contributed by atoms with E-state index >= 15 is 0 Å². The topological polar surface area (TPSA) is 50.8 Å². The van der Waals surface area contributed by atoms with Gasteiger partial charge in [0.25, 0.3) is 5.91 Å². The van der Waals surface area contributed by atoms with Crippen LogP contribution in [0.1, 0.15) is 35.4 Å². The number of benzene rings is 2. The van der Waals surface area contributed by atoms with Crippen LogP contribution in [0.3, 0.4) is 0 Å². The SMILES string of the molecule is CCCN1C(=O)c2ccccc2N[C@@H]1c1cc2c(cc1Br)OCO2. The molecule has 2 aliphatic heterocycles. The van der Waals surface area contributed by atoms with Crippen molar-refractivity contribution in [2.75, 3.05) is 18.7 Å². The summed E-state index contributed by atoms with van der Waals surface area (Å²) in [5.41, 5.74) is 2.51. The van der Waals surface area contributed by atoms with E-state index in [1.54, 1.807) is 0 Å². The van der Waals surface area contributed by atoms with Crippen LogP contribution in [-0.4, -0.2) is 24.1 Å². The zero-order valence-corrected chi connectivity index (χ0v) is 14.8. The Hall–Kier alpha value is -2.21. The van der Waals surface area contributed by atoms with Crippen molar-refractivity contribution in [3.05, 3.63) is 52.0 Å². The number of halogens is 1. The van der Waals surface area contributed by atoms with Gasteiger partial charge in [0.15, 0.2) is 11.5 Å². The van der Waals surface area contributed by atoms with Gasteiger partial charge in [-0.3, -0.25) is 4.79 Å². The van der Waals surface area contributed by atoms with E-state index < -0.39 is 0 Å². The smallest absolute Gasteiger partial charge is 0.257 e. The molecule has 0 saturated carbocycles. The molecule has 124 valence electrons. The van der Waals surface area contributed by atoms with E-state index in [1.807, 2.05) is 41.3 Å². The average Bonchev–Trinajstić information content (AvgIpc) is 3.04. The van der Waals surface area contributed by atoms with Crippen LogP contribution in [0.4, 0.5) is 5.69 Å². The number of amides is 1. The number of carbonyl (C=O) groups is 1. The number of fused-ring (bicyclic) bond motifs is 2. The highest BCUT2D eigenvalue weighted by Crippen LogP contribution is 2.42. The van der Waals surface area contributed by atoms with Gasteiger partial charge in [-0.05, 0) is 30.7 Å². The third-order valence-corrected chi connectivity index (χ3v) is 4.96. The first-order valence-corrected chi connectivity index (χ1v) is 8.74. The van der Waals surface area contributed by atoms with Crippen LogP contribution < -0.4 is 14.8 Å². The molecule has 1 N–H and O–H groups in total. The molecule has 0 aromatic heterocycles. The fraction of sp³-hybridized carbons (Fsp3) is 0.278. The molecule has 24 heavy (non-hydrogen) atoms. The summed E-state index contributed by atoms with van der Waals surface area (Å²) in [5, 5.41) is 3.49. The first-order chi connectivity index (χ1) is 11.7. The Kier molecular flexibility index (Phi) is 3.84. The van der Waals surface area contributed by atoms with Gasteiger partial charge in [-0.1, -0.05) is 35.0 Å². The highest BCUT2D eigenvalue weighted by molar-refractivity contribution is 9.10. The molecular weight excluding hydrogens is 372 g/mol. The number of carbonyl (C=O) groups excluding carboxylic acids is 1. The lowest BCUT2D eigenvalue weighted by Crippen LogP contribution is -2.43. The van der Waals surface area contributed by atoms with Gasteiger partial charge in [-0.15, -0.1) is 0 Å². The van der Waals surface area contributed by atoms with E-state index in [9.17, 15) is 4.79 Å². The average molecular weight is 389 g/mol. The number of para-hydroxylation sites is 1. The monoisotopic (exact) mass is 388 g/mol. The van der Waals surface area contributed by atoms with Crippen LogP contribution in [0.5, 0.6) is 11.5 Å². The maximum atomic E-state index is 13.0. The van der Waals surface area contributed by atoms with Crippen molar-refractivity contribution in [2.45, 2.75) is 19.5 Å². The van der Waals surface area contributed by atoms with Gasteiger partial charge in [0.1, 0.15) is 6.17 Å². The van der Waals surface area contributed by atoms with E-state index in [0.29, 0.717) is 17.9 Å². The standard InChI is InChI=1S/C18H17BrN2O3/c1-2-7-21-17(20-14-6-4-3-5-11(14)18(21)22)12-8-15-16(9-13(12)19)24-10-23-15/h3-6,8-9,17,20H,2,7,10H2,1H3/t17-/m0/s1. The third kappa shape index (κ3) is 2.41. The number of rotatable bonds is 3. The van der Waals surface area contributed by atoms with Gasteiger partial charge in [0.05, 0.1) is 5.56 Å². The number of nitrogens with one attached hydrogen (secondary N) is 1. The number of hydrogen-bond acceptors (Lipinski definition) is 4. The van der Waals surface area contributed by atoms with E-state index in [2.05, 4.69) is 28.2 Å². The Labute approximate surface area is 148 Å². The number of ether oxygens (including phenoxy) is 2. The summed E-state index contributed by atoms with van der Waals surface area (Å²) in [6.07, 6.45) is 0.630. The van der Waals surface area contributed by atoms with Crippen LogP contribution in [0.15, 0.2) is 40.9 Å². The van der Waals surface area contributed by atoms with Crippen molar-refractivity contribution in [1.29, 1.82) is 0 Å². The van der Waals surface area contributed by atoms with Gasteiger partial charge < -0.3 is 19.7 Å². The third-order valence-electron chi connectivity index (χ3n) is 4.27. The van der Waals surface area contributed by atoms with Crippen molar-refractivity contribution in [3.8, 4) is 11.5 Å². The molecule has 0 aliphatic carbocycles. The quantitative estimate of drug-likeness (QED) is 0.857. The minimum Gasteiger partial charge on any atom is -0.454 e. The lowest BCUT2D eigenvalue weighted by Gasteiger charge is -2.38. The van der Waals surface area contributed by atoms with Gasteiger partial charge in [-0.2, -0.15) is 0 Å². The van der Waals surface area contributed by atoms with Gasteiger partial charge in [-0.25, -0.2) is 0 Å². The fourth-order valence-electron chi connectivity index (χ4n) is 3.15. The van der Waals surface area contributed by atoms with E-state index in [-0.39, 0.29) is 18.9 Å². The maximum Gasteiger partial charge on any atom is 0.257 e. The molecule has 2 aromatic carbocycles. The normalized spacial score (nSPS) is 18.3. The van der Waals surface area contributed by atoms with E-state index in [4.69, 9.17) is 9.47 Å². The first-order valence-electron chi connectivity index (χ1n) is 7.94. The Morgan fingerprint density at radius 1 is 1.25 bits per heavy atom. The molecule has 4 rings (SSSR count). The van der Waals surface area contributed by atoms with E-state index in [1.165, 1.54) is 0 Å². The molecule has 0 spiro atoms. The van der Waals surface area contributed by atoms with Crippen molar-refractivity contribution in [3.63, 3.8) is 0 Å². The summed E-state index contributed by atoms with van der Waals surface area (Å²) in [7, 11) is 0. The fourth-order valence-corrected chi connectivity index (χ4v) is 3.69. The minimum absolute atomic E-state index is 0.0424. The molecule has 5 nitrogen and oxygen atoms in total. The largest absolute Gasteiger partial charge is 0.454 e. The minimum atomic E-state index is -0.253. The molecule has 2 aromatic rings. The molecule has 0 radical (unpaired) electrons. The van der Waals surface area contributed by atoms with Crippen LogP contribution in [0, 0.1) is 0 Å². The Morgan fingerprint density at radius 2 is 2.00 bits per heavy atom. The Morgan fingerprint density at radius 3 is 2.79 bits per heavy atom. The lowest BCUT2D eigenvalue weighted by molar-refractivity contribution is 0.0682. The number of nitrogens with zero attached hydrogens (tertiary/aromatic N) is 1. The van der Waals surface area contributed by atoms with Crippen molar-refractivity contribution >= 4 is 27.5 Å². The van der Waals surface area contributed by atoms with Crippen molar-refractivity contribution < 1.29 is 14.3 Å². The summed E-state index contributed by atoms with van der Waals surface area (Å²) in [5.74, 6) is 1.47. The second-order valence-electron chi connectivity index (χ2n) is 5.82. The van der Waals surface area contributed by atoms with Crippen LogP contribution in [0.25, 0.3) is 0 Å². The second-order valence-corrected chi connectivity index (χ2v) is 6.67. The highest BCUT2D eigenvalue weighted by atomic mass is 79.9. The van der Waals surface area contributed by atoms with Gasteiger partial charge in [0, 0.05) is 22.3 Å². The van der Waals surface area contributed by atoms with Gasteiger partial charge >= 0.3 is 0 Å².